The second kappa shape index (κ2) is 5.85. The highest BCUT2D eigenvalue weighted by Gasteiger charge is 2.19. The average molecular weight is 254 g/mol. The van der Waals surface area contributed by atoms with Crippen molar-refractivity contribution in [1.29, 1.82) is 0 Å². The topological polar surface area (TPSA) is 23.5 Å². The lowest BCUT2D eigenvalue weighted by molar-refractivity contribution is 0.116. The SMILES string of the molecule is Cc1cc(CN2CCCC(CO)C2)ccc1Cl. The van der Waals surface area contributed by atoms with E-state index in [0.717, 1.165) is 36.6 Å². The average Bonchev–Trinajstić information content (AvgIpc) is 2.34. The van der Waals surface area contributed by atoms with Gasteiger partial charge in [0, 0.05) is 24.7 Å². The Labute approximate surface area is 108 Å². The minimum absolute atomic E-state index is 0.316. The van der Waals surface area contributed by atoms with Gasteiger partial charge in [-0.2, -0.15) is 0 Å². The molecule has 1 N–H and O–H groups in total. The second-order valence-electron chi connectivity index (χ2n) is 5.01. The van der Waals surface area contributed by atoms with E-state index in [1.54, 1.807) is 0 Å². The quantitative estimate of drug-likeness (QED) is 0.896. The Balaban J connectivity index is 1.97. The second-order valence-corrected chi connectivity index (χ2v) is 5.42. The van der Waals surface area contributed by atoms with Crippen LogP contribution in [-0.4, -0.2) is 29.7 Å². The van der Waals surface area contributed by atoms with Crippen LogP contribution in [0.3, 0.4) is 0 Å². The molecule has 0 amide bonds. The van der Waals surface area contributed by atoms with Crippen LogP contribution in [0.4, 0.5) is 0 Å². The van der Waals surface area contributed by atoms with Gasteiger partial charge in [0.1, 0.15) is 0 Å². The number of hydrogen-bond acceptors (Lipinski definition) is 2. The van der Waals surface area contributed by atoms with E-state index in [4.69, 9.17) is 11.6 Å². The zero-order valence-electron chi connectivity index (χ0n) is 10.3. The number of nitrogens with zero attached hydrogens (tertiary/aromatic N) is 1. The Morgan fingerprint density at radius 2 is 2.29 bits per heavy atom. The number of piperidine rings is 1. The number of rotatable bonds is 3. The first-order valence-electron chi connectivity index (χ1n) is 6.27. The van der Waals surface area contributed by atoms with Gasteiger partial charge in [0.05, 0.1) is 0 Å². The summed E-state index contributed by atoms with van der Waals surface area (Å²) in [5, 5.41) is 10.0. The van der Waals surface area contributed by atoms with Crippen molar-refractivity contribution in [3.05, 3.63) is 34.3 Å². The van der Waals surface area contributed by atoms with Crippen molar-refractivity contribution in [2.45, 2.75) is 26.3 Å². The molecule has 1 aromatic rings. The summed E-state index contributed by atoms with van der Waals surface area (Å²) in [5.41, 5.74) is 2.45. The molecule has 2 nitrogen and oxygen atoms in total. The lowest BCUT2D eigenvalue weighted by Gasteiger charge is -2.31. The molecule has 2 rings (SSSR count). The largest absolute Gasteiger partial charge is 0.396 e. The fourth-order valence-electron chi connectivity index (χ4n) is 2.51. The zero-order valence-corrected chi connectivity index (χ0v) is 11.1. The van der Waals surface area contributed by atoms with E-state index in [1.165, 1.54) is 12.0 Å². The molecule has 1 unspecified atom stereocenters. The third-order valence-corrected chi connectivity index (χ3v) is 3.91. The summed E-state index contributed by atoms with van der Waals surface area (Å²) in [6, 6.07) is 6.22. The fourth-order valence-corrected chi connectivity index (χ4v) is 2.62. The van der Waals surface area contributed by atoms with E-state index in [2.05, 4.69) is 17.0 Å². The van der Waals surface area contributed by atoms with Crippen molar-refractivity contribution >= 4 is 11.6 Å². The van der Waals surface area contributed by atoms with E-state index in [0.29, 0.717) is 12.5 Å². The molecule has 0 aliphatic carbocycles. The maximum absolute atomic E-state index is 9.21. The zero-order chi connectivity index (χ0) is 12.3. The molecule has 0 radical (unpaired) electrons. The molecular weight excluding hydrogens is 234 g/mol. The van der Waals surface area contributed by atoms with Gasteiger partial charge in [-0.1, -0.05) is 23.7 Å². The Hall–Kier alpha value is -0.570. The Morgan fingerprint density at radius 1 is 1.47 bits per heavy atom. The van der Waals surface area contributed by atoms with Crippen LogP contribution < -0.4 is 0 Å². The lowest BCUT2D eigenvalue weighted by Crippen LogP contribution is -2.36. The molecule has 3 heteroatoms. The van der Waals surface area contributed by atoms with Crippen molar-refractivity contribution in [1.82, 2.24) is 4.90 Å². The van der Waals surface area contributed by atoms with Crippen LogP contribution in [0, 0.1) is 12.8 Å². The van der Waals surface area contributed by atoms with E-state index in [1.807, 2.05) is 13.0 Å². The highest BCUT2D eigenvalue weighted by atomic mass is 35.5. The van der Waals surface area contributed by atoms with Crippen LogP contribution in [0.2, 0.25) is 5.02 Å². The van der Waals surface area contributed by atoms with Crippen LogP contribution >= 0.6 is 11.6 Å². The number of aliphatic hydroxyl groups excluding tert-OH is 1. The first-order chi connectivity index (χ1) is 8.19. The van der Waals surface area contributed by atoms with Crippen molar-refractivity contribution < 1.29 is 5.11 Å². The summed E-state index contributed by atoms with van der Waals surface area (Å²) in [5.74, 6) is 0.456. The van der Waals surface area contributed by atoms with E-state index >= 15 is 0 Å². The molecule has 1 atom stereocenters. The standard InChI is InChI=1S/C14H20ClNO/c1-11-7-12(4-5-14(11)15)8-16-6-2-3-13(9-16)10-17/h4-5,7,13,17H,2-3,6,8-10H2,1H3. The third kappa shape index (κ3) is 3.44. The highest BCUT2D eigenvalue weighted by molar-refractivity contribution is 6.31. The molecule has 1 heterocycles. The lowest BCUT2D eigenvalue weighted by atomic mass is 9.98. The van der Waals surface area contributed by atoms with Crippen LogP contribution in [0.25, 0.3) is 0 Å². The maximum atomic E-state index is 9.21. The predicted octanol–water partition coefficient (Wildman–Crippen LogP) is 2.85. The Morgan fingerprint density at radius 3 is 3.00 bits per heavy atom. The molecule has 0 bridgehead atoms. The monoisotopic (exact) mass is 253 g/mol. The van der Waals surface area contributed by atoms with Crippen LogP contribution in [0.1, 0.15) is 24.0 Å². The molecular formula is C14H20ClNO. The summed E-state index contributed by atoms with van der Waals surface area (Å²) in [6.45, 7) is 5.47. The number of aryl methyl sites for hydroxylation is 1. The predicted molar refractivity (Wildman–Crippen MR) is 71.3 cm³/mol. The van der Waals surface area contributed by atoms with Gasteiger partial charge in [-0.15, -0.1) is 0 Å². The molecule has 1 saturated heterocycles. The van der Waals surface area contributed by atoms with Crippen molar-refractivity contribution in [3.8, 4) is 0 Å². The summed E-state index contributed by atoms with van der Waals surface area (Å²) >= 11 is 6.02. The third-order valence-electron chi connectivity index (χ3n) is 3.49. The summed E-state index contributed by atoms with van der Waals surface area (Å²) < 4.78 is 0. The van der Waals surface area contributed by atoms with Gasteiger partial charge in [0.15, 0.2) is 0 Å². The van der Waals surface area contributed by atoms with Crippen molar-refractivity contribution in [2.24, 2.45) is 5.92 Å². The van der Waals surface area contributed by atoms with Crippen LogP contribution in [0.5, 0.6) is 0 Å². The van der Waals surface area contributed by atoms with Gasteiger partial charge in [-0.3, -0.25) is 4.90 Å². The van der Waals surface area contributed by atoms with E-state index in [9.17, 15) is 5.11 Å². The molecule has 1 fully saturated rings. The van der Waals surface area contributed by atoms with E-state index < -0.39 is 0 Å². The van der Waals surface area contributed by atoms with Gasteiger partial charge in [-0.25, -0.2) is 0 Å². The van der Waals surface area contributed by atoms with Crippen LogP contribution in [0.15, 0.2) is 18.2 Å². The number of aliphatic hydroxyl groups is 1. The minimum atomic E-state index is 0.316. The van der Waals surface area contributed by atoms with Crippen LogP contribution in [-0.2, 0) is 6.54 Å². The summed E-state index contributed by atoms with van der Waals surface area (Å²) in [6.07, 6.45) is 2.35. The Bertz CT molecular complexity index is 380. The number of halogens is 1. The van der Waals surface area contributed by atoms with Crippen molar-refractivity contribution in [2.75, 3.05) is 19.7 Å². The number of likely N-dealkylation sites (tertiary alicyclic amines) is 1. The molecule has 1 aromatic carbocycles. The van der Waals surface area contributed by atoms with Gasteiger partial charge < -0.3 is 5.11 Å². The first-order valence-corrected chi connectivity index (χ1v) is 6.65. The molecule has 0 saturated carbocycles. The van der Waals surface area contributed by atoms with E-state index in [-0.39, 0.29) is 0 Å². The Kier molecular flexibility index (Phi) is 4.43. The summed E-state index contributed by atoms with van der Waals surface area (Å²) in [7, 11) is 0. The smallest absolute Gasteiger partial charge is 0.0471 e. The van der Waals surface area contributed by atoms with Gasteiger partial charge in [0.2, 0.25) is 0 Å². The number of benzene rings is 1. The molecule has 0 aromatic heterocycles. The molecule has 0 spiro atoms. The van der Waals surface area contributed by atoms with Gasteiger partial charge in [0.25, 0.3) is 0 Å². The number of hydrogen-bond donors (Lipinski definition) is 1. The minimum Gasteiger partial charge on any atom is -0.396 e. The fraction of sp³-hybridized carbons (Fsp3) is 0.571. The van der Waals surface area contributed by atoms with Crippen molar-refractivity contribution in [3.63, 3.8) is 0 Å². The normalized spacial score (nSPS) is 21.7. The molecule has 94 valence electrons. The first kappa shape index (κ1) is 12.9. The van der Waals surface area contributed by atoms with Gasteiger partial charge >= 0.3 is 0 Å². The molecule has 1 aliphatic rings. The summed E-state index contributed by atoms with van der Waals surface area (Å²) in [4.78, 5) is 2.42. The maximum Gasteiger partial charge on any atom is 0.0471 e. The van der Waals surface area contributed by atoms with Gasteiger partial charge in [-0.05, 0) is 49.4 Å². The molecule has 1 aliphatic heterocycles. The molecule has 17 heavy (non-hydrogen) atoms. The highest BCUT2D eigenvalue weighted by Crippen LogP contribution is 2.21.